The average Bonchev–Trinajstić information content (AvgIpc) is 2.92. The molecule has 7 nitrogen and oxygen atoms in total. The van der Waals surface area contributed by atoms with Crippen molar-refractivity contribution in [2.45, 2.75) is 44.7 Å². The van der Waals surface area contributed by atoms with Gasteiger partial charge in [-0.25, -0.2) is 13.1 Å². The molecule has 0 spiro atoms. The minimum Gasteiger partial charge on any atom is -0.342 e. The summed E-state index contributed by atoms with van der Waals surface area (Å²) in [6.45, 7) is 6.83. The third kappa shape index (κ3) is 3.82. The second-order valence-corrected chi connectivity index (χ2v) is 8.04. The Morgan fingerprint density at radius 1 is 1.38 bits per heavy atom. The minimum absolute atomic E-state index is 0.0655. The van der Waals surface area contributed by atoms with Gasteiger partial charge < -0.3 is 4.90 Å². The normalized spacial score (nSPS) is 18.0. The molecule has 0 unspecified atom stereocenters. The Morgan fingerprint density at radius 2 is 2.00 bits per heavy atom. The fourth-order valence-corrected chi connectivity index (χ4v) is 3.56. The third-order valence-electron chi connectivity index (χ3n) is 3.51. The van der Waals surface area contributed by atoms with Crippen LogP contribution in [0.4, 0.5) is 0 Å². The molecular weight excluding hydrogens is 292 g/mol. The summed E-state index contributed by atoms with van der Waals surface area (Å²) in [5, 5.41) is 6.16. The predicted molar refractivity (Wildman–Crippen MR) is 78.0 cm³/mol. The van der Waals surface area contributed by atoms with Gasteiger partial charge in [-0.1, -0.05) is 20.8 Å². The van der Waals surface area contributed by atoms with Crippen LogP contribution in [0.5, 0.6) is 0 Å². The van der Waals surface area contributed by atoms with E-state index in [1.807, 2.05) is 20.8 Å². The highest BCUT2D eigenvalue weighted by atomic mass is 32.2. The van der Waals surface area contributed by atoms with Crippen molar-refractivity contribution in [2.75, 3.05) is 13.1 Å². The van der Waals surface area contributed by atoms with Crippen molar-refractivity contribution in [3.05, 3.63) is 12.3 Å². The maximum Gasteiger partial charge on any atom is 0.257 e. The lowest BCUT2D eigenvalue weighted by Gasteiger charge is -2.35. The van der Waals surface area contributed by atoms with Crippen LogP contribution < -0.4 is 4.72 Å². The lowest BCUT2D eigenvalue weighted by Crippen LogP contribution is -2.49. The highest BCUT2D eigenvalue weighted by molar-refractivity contribution is 7.89. The molecule has 118 valence electrons. The molecule has 21 heavy (non-hydrogen) atoms. The first-order valence-electron chi connectivity index (χ1n) is 7.01. The van der Waals surface area contributed by atoms with E-state index in [1.54, 1.807) is 4.90 Å². The molecule has 0 atom stereocenters. The number of nitrogens with zero attached hydrogens (tertiary/aromatic N) is 2. The number of aromatic amines is 1. The van der Waals surface area contributed by atoms with E-state index in [0.717, 1.165) is 0 Å². The number of rotatable bonds is 3. The van der Waals surface area contributed by atoms with Gasteiger partial charge in [-0.05, 0) is 18.9 Å². The maximum atomic E-state index is 12.2. The van der Waals surface area contributed by atoms with Gasteiger partial charge in [-0.2, -0.15) is 5.10 Å². The molecule has 1 aliphatic heterocycles. The van der Waals surface area contributed by atoms with Gasteiger partial charge in [0.15, 0.2) is 5.03 Å². The predicted octanol–water partition coefficient (Wildman–Crippen LogP) is 0.725. The molecule has 2 N–H and O–H groups in total. The number of nitrogens with one attached hydrogen (secondary N) is 2. The molecule has 1 aromatic rings. The number of amides is 1. The van der Waals surface area contributed by atoms with E-state index in [1.165, 1.54) is 12.3 Å². The fourth-order valence-electron chi connectivity index (χ4n) is 2.35. The fraction of sp³-hybridized carbons (Fsp3) is 0.692. The van der Waals surface area contributed by atoms with E-state index in [4.69, 9.17) is 0 Å². The van der Waals surface area contributed by atoms with Gasteiger partial charge in [0.05, 0.1) is 6.20 Å². The smallest absolute Gasteiger partial charge is 0.257 e. The largest absolute Gasteiger partial charge is 0.342 e. The Morgan fingerprint density at radius 3 is 2.48 bits per heavy atom. The van der Waals surface area contributed by atoms with Crippen LogP contribution in [0.3, 0.4) is 0 Å². The Kier molecular flexibility index (Phi) is 4.38. The highest BCUT2D eigenvalue weighted by Gasteiger charge is 2.31. The van der Waals surface area contributed by atoms with Crippen LogP contribution in [0, 0.1) is 5.41 Å². The Hall–Kier alpha value is -1.41. The summed E-state index contributed by atoms with van der Waals surface area (Å²) in [6, 6.07) is 1.27. The summed E-state index contributed by atoms with van der Waals surface area (Å²) in [5.41, 5.74) is -0.401. The van der Waals surface area contributed by atoms with Gasteiger partial charge in [0, 0.05) is 24.5 Å². The summed E-state index contributed by atoms with van der Waals surface area (Å²) in [4.78, 5) is 14.0. The lowest BCUT2D eigenvalue weighted by molar-refractivity contribution is -0.140. The Bertz CT molecular complexity index is 581. The van der Waals surface area contributed by atoms with Crippen LogP contribution in [-0.2, 0) is 14.8 Å². The van der Waals surface area contributed by atoms with E-state index >= 15 is 0 Å². The van der Waals surface area contributed by atoms with Gasteiger partial charge >= 0.3 is 0 Å². The number of piperidine rings is 1. The van der Waals surface area contributed by atoms with Gasteiger partial charge in [0.2, 0.25) is 5.91 Å². The number of likely N-dealkylation sites (tertiary alicyclic amines) is 1. The summed E-state index contributed by atoms with van der Waals surface area (Å²) in [5.74, 6) is 0.109. The topological polar surface area (TPSA) is 95.2 Å². The van der Waals surface area contributed by atoms with E-state index < -0.39 is 15.4 Å². The van der Waals surface area contributed by atoms with Crippen LogP contribution in [0.25, 0.3) is 0 Å². The molecule has 2 heterocycles. The monoisotopic (exact) mass is 314 g/mol. The molecule has 1 amide bonds. The maximum absolute atomic E-state index is 12.2. The van der Waals surface area contributed by atoms with Crippen LogP contribution >= 0.6 is 0 Å². The van der Waals surface area contributed by atoms with Gasteiger partial charge in [-0.3, -0.25) is 9.89 Å². The molecule has 0 radical (unpaired) electrons. The van der Waals surface area contributed by atoms with Crippen molar-refractivity contribution in [1.29, 1.82) is 0 Å². The molecule has 1 fully saturated rings. The molecule has 0 aliphatic carbocycles. The van der Waals surface area contributed by atoms with E-state index in [-0.39, 0.29) is 17.0 Å². The van der Waals surface area contributed by atoms with Crippen LogP contribution in [-0.4, -0.2) is 48.6 Å². The van der Waals surface area contributed by atoms with Crippen molar-refractivity contribution in [3.8, 4) is 0 Å². The summed E-state index contributed by atoms with van der Waals surface area (Å²) < 4.78 is 26.8. The number of carbonyl (C=O) groups excluding carboxylic acids is 1. The lowest BCUT2D eigenvalue weighted by atomic mass is 9.93. The molecule has 2 rings (SSSR count). The van der Waals surface area contributed by atoms with Gasteiger partial charge in [0.25, 0.3) is 10.0 Å². The number of hydrogen-bond donors (Lipinski definition) is 2. The first kappa shape index (κ1) is 16.0. The van der Waals surface area contributed by atoms with Crippen molar-refractivity contribution < 1.29 is 13.2 Å². The van der Waals surface area contributed by atoms with Crippen molar-refractivity contribution in [3.63, 3.8) is 0 Å². The summed E-state index contributed by atoms with van der Waals surface area (Å²) >= 11 is 0. The Labute approximate surface area is 125 Å². The second-order valence-electron chi connectivity index (χ2n) is 6.36. The highest BCUT2D eigenvalue weighted by Crippen LogP contribution is 2.21. The van der Waals surface area contributed by atoms with Gasteiger partial charge in [0.1, 0.15) is 0 Å². The quantitative estimate of drug-likeness (QED) is 0.859. The number of H-pyrrole nitrogens is 1. The molecule has 0 aromatic carbocycles. The molecule has 0 saturated carbocycles. The molecule has 1 aromatic heterocycles. The average molecular weight is 314 g/mol. The minimum atomic E-state index is -3.55. The van der Waals surface area contributed by atoms with E-state index in [9.17, 15) is 13.2 Å². The van der Waals surface area contributed by atoms with Crippen LogP contribution in [0.2, 0.25) is 0 Å². The number of hydrogen-bond acceptors (Lipinski definition) is 4. The number of carbonyl (C=O) groups is 1. The molecular formula is C13H22N4O3S. The molecule has 1 aliphatic rings. The standard InChI is InChI=1S/C13H22N4O3S/c1-13(2,3)12(18)17-8-5-10(6-9-17)16-21(19,20)11-4-7-14-15-11/h4,7,10,16H,5-6,8-9H2,1-3H3,(H,14,15). The zero-order chi connectivity index (χ0) is 15.7. The first-order valence-corrected chi connectivity index (χ1v) is 8.49. The third-order valence-corrected chi connectivity index (χ3v) is 4.96. The van der Waals surface area contributed by atoms with Crippen molar-refractivity contribution in [2.24, 2.45) is 5.41 Å². The zero-order valence-electron chi connectivity index (χ0n) is 12.6. The number of sulfonamides is 1. The van der Waals surface area contributed by atoms with Crippen molar-refractivity contribution in [1.82, 2.24) is 19.8 Å². The van der Waals surface area contributed by atoms with Crippen LogP contribution in [0.1, 0.15) is 33.6 Å². The molecule has 1 saturated heterocycles. The van der Waals surface area contributed by atoms with Crippen LogP contribution in [0.15, 0.2) is 17.3 Å². The molecule has 8 heteroatoms. The van der Waals surface area contributed by atoms with Crippen molar-refractivity contribution >= 4 is 15.9 Å². The second kappa shape index (κ2) is 5.76. The number of aromatic nitrogens is 2. The first-order chi connectivity index (χ1) is 9.70. The van der Waals surface area contributed by atoms with E-state index in [2.05, 4.69) is 14.9 Å². The molecule has 0 bridgehead atoms. The summed E-state index contributed by atoms with van der Waals surface area (Å²) in [6.07, 6.45) is 2.64. The van der Waals surface area contributed by atoms with Gasteiger partial charge in [-0.15, -0.1) is 0 Å². The van der Waals surface area contributed by atoms with E-state index in [0.29, 0.717) is 25.9 Å². The Balaban J connectivity index is 1.92. The summed E-state index contributed by atoms with van der Waals surface area (Å²) in [7, 11) is -3.55. The zero-order valence-corrected chi connectivity index (χ0v) is 13.4. The SMILES string of the molecule is CC(C)(C)C(=O)N1CCC(NS(=O)(=O)c2ccn[nH]2)CC1.